The third-order valence-electron chi connectivity index (χ3n) is 4.23. The van der Waals surface area contributed by atoms with Gasteiger partial charge in [-0.1, -0.05) is 31.7 Å². The number of nitrogens with one attached hydrogen (secondary N) is 2. The topological polar surface area (TPSA) is 68.9 Å². The first-order valence-corrected chi connectivity index (χ1v) is 7.14. The second-order valence-electron chi connectivity index (χ2n) is 5.58. The molecule has 1 atom stereocenters. The molecule has 1 fully saturated rings. The van der Waals surface area contributed by atoms with Crippen molar-refractivity contribution in [2.24, 2.45) is 5.92 Å². The number of rotatable bonds is 2. The van der Waals surface area contributed by atoms with Gasteiger partial charge in [-0.05, 0) is 36.5 Å². The summed E-state index contributed by atoms with van der Waals surface area (Å²) in [5, 5.41) is 10.5. The Bertz CT molecular complexity index is 606. The molecule has 1 unspecified atom stereocenters. The van der Waals surface area contributed by atoms with Crippen molar-refractivity contribution < 1.29 is 5.11 Å². The molecule has 19 heavy (non-hydrogen) atoms. The summed E-state index contributed by atoms with van der Waals surface area (Å²) in [6.07, 6.45) is 6.78. The zero-order chi connectivity index (χ0) is 13.2. The van der Waals surface area contributed by atoms with Crippen molar-refractivity contribution in [3.8, 4) is 0 Å². The fourth-order valence-corrected chi connectivity index (χ4v) is 3.13. The van der Waals surface area contributed by atoms with Crippen molar-refractivity contribution in [2.75, 3.05) is 0 Å². The largest absolute Gasteiger partial charge is 0.388 e. The summed E-state index contributed by atoms with van der Waals surface area (Å²) in [6.45, 7) is 0. The Hall–Kier alpha value is -1.55. The normalized spacial score (nSPS) is 19.4. The molecule has 4 nitrogen and oxygen atoms in total. The van der Waals surface area contributed by atoms with Gasteiger partial charge in [0.15, 0.2) is 0 Å². The average Bonchev–Trinajstić information content (AvgIpc) is 2.63. The molecule has 1 aliphatic carbocycles. The lowest BCUT2D eigenvalue weighted by atomic mass is 9.89. The van der Waals surface area contributed by atoms with E-state index in [-0.39, 0.29) is 5.69 Å². The predicted octanol–water partition coefficient (Wildman–Crippen LogP) is 2.86. The first-order chi connectivity index (χ1) is 9.24. The number of aromatic amines is 2. The maximum atomic E-state index is 11.2. The fraction of sp³-hybridized carbons (Fsp3) is 0.533. The van der Waals surface area contributed by atoms with Crippen LogP contribution in [0.25, 0.3) is 11.0 Å². The van der Waals surface area contributed by atoms with Crippen LogP contribution in [0.2, 0.25) is 0 Å². The van der Waals surface area contributed by atoms with Gasteiger partial charge in [0.1, 0.15) is 0 Å². The highest BCUT2D eigenvalue weighted by Crippen LogP contribution is 2.33. The number of aliphatic hydroxyl groups excluding tert-OH is 1. The van der Waals surface area contributed by atoms with Crippen molar-refractivity contribution in [3.63, 3.8) is 0 Å². The summed E-state index contributed by atoms with van der Waals surface area (Å²) >= 11 is 0. The Morgan fingerprint density at radius 1 is 1.05 bits per heavy atom. The van der Waals surface area contributed by atoms with Crippen LogP contribution in [-0.2, 0) is 0 Å². The molecule has 1 aliphatic rings. The molecule has 1 aromatic carbocycles. The van der Waals surface area contributed by atoms with Crippen molar-refractivity contribution >= 4 is 11.0 Å². The zero-order valence-electron chi connectivity index (χ0n) is 11.0. The highest BCUT2D eigenvalue weighted by molar-refractivity contribution is 5.75. The van der Waals surface area contributed by atoms with Crippen LogP contribution in [0.5, 0.6) is 0 Å². The van der Waals surface area contributed by atoms with Crippen LogP contribution in [0, 0.1) is 5.92 Å². The van der Waals surface area contributed by atoms with Crippen LogP contribution in [0.1, 0.15) is 50.2 Å². The van der Waals surface area contributed by atoms with Crippen molar-refractivity contribution in [1.82, 2.24) is 9.97 Å². The lowest BCUT2D eigenvalue weighted by molar-refractivity contribution is 0.0989. The second kappa shape index (κ2) is 5.21. The van der Waals surface area contributed by atoms with Crippen LogP contribution in [0.3, 0.4) is 0 Å². The summed E-state index contributed by atoms with van der Waals surface area (Å²) in [4.78, 5) is 16.7. The Morgan fingerprint density at radius 3 is 2.47 bits per heavy atom. The molecule has 1 aromatic heterocycles. The van der Waals surface area contributed by atoms with Gasteiger partial charge in [0.2, 0.25) is 0 Å². The van der Waals surface area contributed by atoms with Crippen molar-refractivity contribution in [1.29, 1.82) is 0 Å². The number of aromatic nitrogens is 2. The molecule has 4 heteroatoms. The van der Waals surface area contributed by atoms with Gasteiger partial charge in [-0.25, -0.2) is 4.79 Å². The molecule has 0 bridgehead atoms. The minimum absolute atomic E-state index is 0.198. The van der Waals surface area contributed by atoms with Gasteiger partial charge in [0.05, 0.1) is 17.1 Å². The molecule has 0 amide bonds. The fourth-order valence-electron chi connectivity index (χ4n) is 3.13. The van der Waals surface area contributed by atoms with E-state index >= 15 is 0 Å². The Kier molecular flexibility index (Phi) is 3.42. The smallest absolute Gasteiger partial charge is 0.323 e. The molecule has 0 radical (unpaired) electrons. The Balaban J connectivity index is 1.87. The van der Waals surface area contributed by atoms with Gasteiger partial charge in [0.25, 0.3) is 0 Å². The van der Waals surface area contributed by atoms with E-state index < -0.39 is 6.10 Å². The second-order valence-corrected chi connectivity index (χ2v) is 5.58. The third-order valence-corrected chi connectivity index (χ3v) is 4.23. The summed E-state index contributed by atoms with van der Waals surface area (Å²) in [5.74, 6) is 0.352. The molecule has 0 spiro atoms. The van der Waals surface area contributed by atoms with E-state index in [1.807, 2.05) is 18.2 Å². The predicted molar refractivity (Wildman–Crippen MR) is 75.1 cm³/mol. The van der Waals surface area contributed by atoms with Crippen molar-refractivity contribution in [2.45, 2.75) is 44.6 Å². The van der Waals surface area contributed by atoms with Crippen LogP contribution >= 0.6 is 0 Å². The molecular weight excluding hydrogens is 240 g/mol. The highest BCUT2D eigenvalue weighted by atomic mass is 16.3. The van der Waals surface area contributed by atoms with Gasteiger partial charge in [-0.3, -0.25) is 0 Å². The molecule has 0 aliphatic heterocycles. The van der Waals surface area contributed by atoms with E-state index in [2.05, 4.69) is 9.97 Å². The summed E-state index contributed by atoms with van der Waals surface area (Å²) in [7, 11) is 0. The lowest BCUT2D eigenvalue weighted by Gasteiger charge is -2.21. The molecule has 3 rings (SSSR count). The maximum absolute atomic E-state index is 11.2. The number of hydrogen-bond donors (Lipinski definition) is 3. The molecule has 3 N–H and O–H groups in total. The van der Waals surface area contributed by atoms with Crippen LogP contribution in [0.15, 0.2) is 23.0 Å². The number of fused-ring (bicyclic) bond motifs is 1. The maximum Gasteiger partial charge on any atom is 0.323 e. The molecule has 0 saturated heterocycles. The lowest BCUT2D eigenvalue weighted by Crippen LogP contribution is -2.11. The van der Waals surface area contributed by atoms with Gasteiger partial charge >= 0.3 is 5.69 Å². The van der Waals surface area contributed by atoms with Gasteiger partial charge in [0, 0.05) is 0 Å². The quantitative estimate of drug-likeness (QED) is 0.727. The number of benzene rings is 1. The SMILES string of the molecule is O=c1[nH]c2ccc(C(O)C3CCCCCC3)cc2[nH]1. The minimum atomic E-state index is -0.416. The van der Waals surface area contributed by atoms with Gasteiger partial charge in [-0.2, -0.15) is 0 Å². The minimum Gasteiger partial charge on any atom is -0.388 e. The van der Waals surface area contributed by atoms with Gasteiger partial charge < -0.3 is 15.1 Å². The number of imidazole rings is 1. The van der Waals surface area contributed by atoms with E-state index in [1.165, 1.54) is 25.7 Å². The van der Waals surface area contributed by atoms with E-state index in [9.17, 15) is 9.90 Å². The van der Waals surface area contributed by atoms with Gasteiger partial charge in [-0.15, -0.1) is 0 Å². The summed E-state index contributed by atoms with van der Waals surface area (Å²) < 4.78 is 0. The van der Waals surface area contributed by atoms with E-state index in [1.54, 1.807) is 0 Å². The molecule has 1 heterocycles. The third kappa shape index (κ3) is 2.59. The van der Waals surface area contributed by atoms with Crippen molar-refractivity contribution in [3.05, 3.63) is 34.2 Å². The van der Waals surface area contributed by atoms with Crippen LogP contribution in [-0.4, -0.2) is 15.1 Å². The van der Waals surface area contributed by atoms with E-state index in [0.29, 0.717) is 5.92 Å². The number of H-pyrrole nitrogens is 2. The number of hydrogen-bond acceptors (Lipinski definition) is 2. The van der Waals surface area contributed by atoms with Crippen LogP contribution in [0.4, 0.5) is 0 Å². The highest BCUT2D eigenvalue weighted by Gasteiger charge is 2.22. The molecule has 102 valence electrons. The molecular formula is C15H20N2O2. The number of aliphatic hydroxyl groups is 1. The van der Waals surface area contributed by atoms with E-state index in [4.69, 9.17) is 0 Å². The summed E-state index contributed by atoms with van der Waals surface area (Å²) in [5.41, 5.74) is 2.28. The average molecular weight is 260 g/mol. The Morgan fingerprint density at radius 2 is 1.74 bits per heavy atom. The summed E-state index contributed by atoms with van der Waals surface area (Å²) in [6, 6.07) is 5.67. The molecule has 2 aromatic rings. The molecule has 1 saturated carbocycles. The zero-order valence-corrected chi connectivity index (χ0v) is 11.0. The Labute approximate surface area is 111 Å². The first kappa shape index (κ1) is 12.5. The van der Waals surface area contributed by atoms with Crippen LogP contribution < -0.4 is 5.69 Å². The van der Waals surface area contributed by atoms with E-state index in [0.717, 1.165) is 29.4 Å². The standard InChI is InChI=1S/C15H20N2O2/c18-14(10-5-3-1-2-4-6-10)11-7-8-12-13(9-11)17-15(19)16-12/h7-10,14,18H,1-6H2,(H2,16,17,19). The monoisotopic (exact) mass is 260 g/mol. The first-order valence-electron chi connectivity index (χ1n) is 7.14.